The molecule has 0 amide bonds. The van der Waals surface area contributed by atoms with Crippen LogP contribution < -0.4 is 0 Å². The van der Waals surface area contributed by atoms with Gasteiger partial charge in [0.05, 0.1) is 6.61 Å². The summed E-state index contributed by atoms with van der Waals surface area (Å²) >= 11 is 0. The summed E-state index contributed by atoms with van der Waals surface area (Å²) in [5.74, 6) is 0. The lowest BCUT2D eigenvalue weighted by Crippen LogP contribution is -2.45. The van der Waals surface area contributed by atoms with Crippen LogP contribution in [0.2, 0.25) is 36.3 Å². The van der Waals surface area contributed by atoms with E-state index in [0.717, 1.165) is 6.29 Å². The first-order chi connectivity index (χ1) is 9.14. The molecule has 0 aliphatic rings. The van der Waals surface area contributed by atoms with Crippen LogP contribution in [0.25, 0.3) is 0 Å². The molecule has 4 nitrogen and oxygen atoms in total. The zero-order chi connectivity index (χ0) is 17.1. The molecule has 0 bridgehead atoms. The second-order valence-corrected chi connectivity index (χ2v) is 18.2. The molecule has 0 N–H and O–H groups in total. The molecule has 0 fully saturated rings. The molecule has 0 aromatic carbocycles. The molecule has 0 aliphatic heterocycles. The molecule has 0 saturated heterocycles. The Bertz CT molecular complexity index is 311. The van der Waals surface area contributed by atoms with E-state index >= 15 is 0 Å². The van der Waals surface area contributed by atoms with Gasteiger partial charge in [-0.2, -0.15) is 0 Å². The van der Waals surface area contributed by atoms with E-state index in [4.69, 9.17) is 13.9 Å². The highest BCUT2D eigenvalue weighted by molar-refractivity contribution is 6.74. The van der Waals surface area contributed by atoms with Gasteiger partial charge in [0.25, 0.3) is 0 Å². The second-order valence-electron chi connectivity index (χ2n) is 8.69. The average Bonchev–Trinajstić information content (AvgIpc) is 2.26. The van der Waals surface area contributed by atoms with Gasteiger partial charge < -0.3 is 9.22 Å². The molecule has 0 aromatic rings. The van der Waals surface area contributed by atoms with Gasteiger partial charge in [-0.3, -0.25) is 4.58 Å². The van der Waals surface area contributed by atoms with E-state index in [1.165, 1.54) is 0 Å². The van der Waals surface area contributed by atoms with E-state index < -0.39 is 22.7 Å². The third-order valence-corrected chi connectivity index (χ3v) is 13.4. The van der Waals surface area contributed by atoms with E-state index in [2.05, 4.69) is 67.7 Å². The molecular weight excluding hydrogens is 300 g/mol. The van der Waals surface area contributed by atoms with Crippen LogP contribution in [-0.2, 0) is 18.7 Å². The minimum atomic E-state index is -2.02. The first-order valence-electron chi connectivity index (χ1n) is 7.58. The predicted molar refractivity (Wildman–Crippen MR) is 92.4 cm³/mol. The van der Waals surface area contributed by atoms with Gasteiger partial charge in [0.2, 0.25) is 8.32 Å². The first kappa shape index (κ1) is 21.0. The quantitative estimate of drug-likeness (QED) is 0.297. The van der Waals surface area contributed by atoms with Crippen molar-refractivity contribution in [2.75, 3.05) is 6.61 Å². The monoisotopic (exact) mass is 334 g/mol. The Balaban J connectivity index is 4.54. The topological polar surface area (TPSA) is 44.8 Å². The van der Waals surface area contributed by atoms with Gasteiger partial charge in [0.15, 0.2) is 20.7 Å². The van der Waals surface area contributed by atoms with E-state index in [1.54, 1.807) is 0 Å². The zero-order valence-electron chi connectivity index (χ0n) is 15.5. The SMILES string of the molecule is CC(C)(C)[Si](C)(C)OCC(C=O)OO[Si](C)(C)C(C)(C)C. The van der Waals surface area contributed by atoms with Crippen LogP contribution in [0.3, 0.4) is 0 Å². The molecule has 0 spiro atoms. The van der Waals surface area contributed by atoms with Crippen molar-refractivity contribution < 1.29 is 18.7 Å². The molecular formula is C15H34O4Si2. The lowest BCUT2D eigenvalue weighted by Gasteiger charge is -2.37. The molecule has 0 heterocycles. The molecule has 0 aromatic heterocycles. The second kappa shape index (κ2) is 7.04. The van der Waals surface area contributed by atoms with Gasteiger partial charge in [-0.05, 0) is 36.3 Å². The molecule has 1 atom stereocenters. The first-order valence-corrected chi connectivity index (χ1v) is 13.4. The van der Waals surface area contributed by atoms with Gasteiger partial charge in [-0.25, -0.2) is 4.89 Å². The molecule has 0 rings (SSSR count). The summed E-state index contributed by atoms with van der Waals surface area (Å²) < 4.78 is 11.7. The predicted octanol–water partition coefficient (Wildman–Crippen LogP) is 4.53. The van der Waals surface area contributed by atoms with E-state index in [0.29, 0.717) is 0 Å². The Kier molecular flexibility index (Phi) is 7.03. The summed E-state index contributed by atoms with van der Waals surface area (Å²) in [6, 6.07) is 0. The molecule has 1 unspecified atom stereocenters. The number of aldehydes is 1. The van der Waals surface area contributed by atoms with Crippen molar-refractivity contribution in [2.45, 2.75) is 83.9 Å². The van der Waals surface area contributed by atoms with Gasteiger partial charge in [-0.15, -0.1) is 0 Å². The van der Waals surface area contributed by atoms with Crippen molar-refractivity contribution in [1.29, 1.82) is 0 Å². The fourth-order valence-corrected chi connectivity index (χ4v) is 2.53. The highest BCUT2D eigenvalue weighted by Crippen LogP contribution is 2.38. The average molecular weight is 335 g/mol. The van der Waals surface area contributed by atoms with Gasteiger partial charge in [-0.1, -0.05) is 41.5 Å². The number of carbonyl (C=O) groups excluding carboxylic acids is 1. The highest BCUT2D eigenvalue weighted by Gasteiger charge is 2.40. The molecule has 0 radical (unpaired) electrons. The molecule has 126 valence electrons. The van der Waals surface area contributed by atoms with Crippen LogP contribution >= 0.6 is 0 Å². The number of rotatable bonds is 7. The maximum atomic E-state index is 11.2. The van der Waals surface area contributed by atoms with Gasteiger partial charge in [0.1, 0.15) is 0 Å². The Labute approximate surface area is 132 Å². The Hall–Kier alpha value is -0.0162. The standard InChI is InChI=1S/C15H34O4Si2/c1-14(2,3)20(7,8)17-12-13(11-16)18-19-21(9,10)15(4,5)6/h11,13H,12H2,1-10H3. The Morgan fingerprint density at radius 2 is 1.33 bits per heavy atom. The van der Waals surface area contributed by atoms with Crippen LogP contribution in [0.5, 0.6) is 0 Å². The molecule has 6 heteroatoms. The van der Waals surface area contributed by atoms with E-state index in [-0.39, 0.29) is 16.7 Å². The van der Waals surface area contributed by atoms with Crippen LogP contribution in [0, 0.1) is 0 Å². The molecule has 0 aliphatic carbocycles. The van der Waals surface area contributed by atoms with Crippen LogP contribution in [0.15, 0.2) is 0 Å². The maximum Gasteiger partial charge on any atom is 0.238 e. The van der Waals surface area contributed by atoms with Crippen molar-refractivity contribution in [1.82, 2.24) is 0 Å². The van der Waals surface area contributed by atoms with Crippen molar-refractivity contribution >= 4 is 22.9 Å². The summed E-state index contributed by atoms with van der Waals surface area (Å²) in [6.07, 6.45) is 0.105. The van der Waals surface area contributed by atoms with Gasteiger partial charge >= 0.3 is 0 Å². The summed E-state index contributed by atoms with van der Waals surface area (Å²) in [5, 5.41) is 0.154. The fourth-order valence-electron chi connectivity index (χ4n) is 0.904. The molecule has 21 heavy (non-hydrogen) atoms. The zero-order valence-corrected chi connectivity index (χ0v) is 17.5. The Morgan fingerprint density at radius 3 is 1.67 bits per heavy atom. The smallest absolute Gasteiger partial charge is 0.238 e. The van der Waals surface area contributed by atoms with E-state index in [1.807, 2.05) is 0 Å². The third kappa shape index (κ3) is 6.32. The van der Waals surface area contributed by atoms with Gasteiger partial charge in [0, 0.05) is 0 Å². The Morgan fingerprint density at radius 1 is 0.905 bits per heavy atom. The maximum absolute atomic E-state index is 11.2. The van der Waals surface area contributed by atoms with Crippen LogP contribution in [-0.4, -0.2) is 35.6 Å². The number of hydrogen-bond donors (Lipinski definition) is 0. The highest BCUT2D eigenvalue weighted by atomic mass is 28.4. The summed E-state index contributed by atoms with van der Waals surface area (Å²) in [6.45, 7) is 21.6. The van der Waals surface area contributed by atoms with Crippen molar-refractivity contribution in [2.24, 2.45) is 0 Å². The normalized spacial score (nSPS) is 15.9. The van der Waals surface area contributed by atoms with E-state index in [9.17, 15) is 4.79 Å². The van der Waals surface area contributed by atoms with Crippen molar-refractivity contribution in [3.63, 3.8) is 0 Å². The number of hydrogen-bond acceptors (Lipinski definition) is 4. The summed E-state index contributed by atoms with van der Waals surface area (Å²) in [5.41, 5.74) is 0. The molecule has 0 saturated carbocycles. The summed E-state index contributed by atoms with van der Waals surface area (Å²) in [4.78, 5) is 16.6. The fraction of sp³-hybridized carbons (Fsp3) is 0.933. The lowest BCUT2D eigenvalue weighted by atomic mass is 10.2. The largest absolute Gasteiger partial charge is 0.414 e. The van der Waals surface area contributed by atoms with Crippen LogP contribution in [0.4, 0.5) is 0 Å². The number of carbonyl (C=O) groups is 1. The minimum absolute atomic E-state index is 0.0424. The van der Waals surface area contributed by atoms with Crippen LogP contribution in [0.1, 0.15) is 41.5 Å². The van der Waals surface area contributed by atoms with Crippen molar-refractivity contribution in [3.8, 4) is 0 Å². The third-order valence-electron chi connectivity index (χ3n) is 4.75. The summed E-state index contributed by atoms with van der Waals surface area (Å²) in [7, 11) is -3.90. The van der Waals surface area contributed by atoms with Crippen molar-refractivity contribution in [3.05, 3.63) is 0 Å². The minimum Gasteiger partial charge on any atom is -0.414 e. The lowest BCUT2D eigenvalue weighted by molar-refractivity contribution is -0.253.